The van der Waals surface area contributed by atoms with Crippen LogP contribution in [0.5, 0.6) is 11.5 Å². The zero-order valence-electron chi connectivity index (χ0n) is 18.4. The van der Waals surface area contributed by atoms with Gasteiger partial charge in [-0.3, -0.25) is 0 Å². The van der Waals surface area contributed by atoms with Crippen LogP contribution in [0.15, 0.2) is 60.7 Å². The molecule has 1 aliphatic rings. The molecule has 0 amide bonds. The van der Waals surface area contributed by atoms with E-state index in [4.69, 9.17) is 13.3 Å². The van der Waals surface area contributed by atoms with Crippen LogP contribution in [0.25, 0.3) is 32.7 Å². The third-order valence-electron chi connectivity index (χ3n) is 5.42. The average Bonchev–Trinajstić information content (AvgIpc) is 2.82. The van der Waals surface area contributed by atoms with Gasteiger partial charge in [0.25, 0.3) is 0 Å². The summed E-state index contributed by atoms with van der Waals surface area (Å²) in [5.74, 6) is 1.13. The Bertz CT molecular complexity index is 1310. The monoisotopic (exact) mass is 448 g/mol. The highest BCUT2D eigenvalue weighted by atomic mass is 31.2. The van der Waals surface area contributed by atoms with E-state index < -0.39 is 16.1 Å². The summed E-state index contributed by atoms with van der Waals surface area (Å²) in [5, 5.41) is 4.26. The summed E-state index contributed by atoms with van der Waals surface area (Å²) in [6.45, 7) is 9.89. The number of phosphoric ester groups is 1. The Kier molecular flexibility index (Phi) is 4.56. The van der Waals surface area contributed by atoms with E-state index in [1.807, 2.05) is 57.8 Å². The van der Waals surface area contributed by atoms with Crippen LogP contribution in [0.1, 0.15) is 11.1 Å². The van der Waals surface area contributed by atoms with Crippen molar-refractivity contribution < 1.29 is 17.8 Å². The van der Waals surface area contributed by atoms with Crippen molar-refractivity contribution in [1.29, 1.82) is 0 Å². The summed E-state index contributed by atoms with van der Waals surface area (Å²) < 4.78 is 32.4. The molecule has 0 aliphatic carbocycles. The molecule has 0 fully saturated rings. The summed E-state index contributed by atoms with van der Waals surface area (Å²) in [7, 11) is -6.13. The zero-order chi connectivity index (χ0) is 22.0. The third-order valence-corrected chi connectivity index (χ3v) is 9.31. The molecule has 0 saturated carbocycles. The van der Waals surface area contributed by atoms with E-state index in [0.29, 0.717) is 11.5 Å². The SMILES string of the molecule is Cc1cc2ccccc2c2c1OP(=O)(O[Si](C)(C)C)Oc1c(C)cc3ccccc3c1-2. The normalized spacial score (nSPS) is 15.0. The van der Waals surface area contributed by atoms with E-state index in [0.717, 1.165) is 43.8 Å². The molecule has 4 nitrogen and oxygen atoms in total. The van der Waals surface area contributed by atoms with Gasteiger partial charge in [0, 0.05) is 11.1 Å². The fourth-order valence-corrected chi connectivity index (χ4v) is 8.22. The van der Waals surface area contributed by atoms with Crippen LogP contribution >= 0.6 is 7.82 Å². The number of fused-ring (bicyclic) bond motifs is 7. The molecule has 6 heteroatoms. The molecule has 5 rings (SSSR count). The highest BCUT2D eigenvalue weighted by Gasteiger charge is 2.42. The Morgan fingerprint density at radius 3 is 1.58 bits per heavy atom. The topological polar surface area (TPSA) is 44.8 Å². The van der Waals surface area contributed by atoms with Gasteiger partial charge in [0.05, 0.1) is 0 Å². The standard InChI is InChI=1S/C25H25O4PSi/c1-16-14-18-10-6-8-12-20(18)22-23-21-13-9-7-11-19(21)15-17(2)25(23)28-30(26,27-24(16)22)29-31(3,4)5/h6-15H,1-5H3. The van der Waals surface area contributed by atoms with Gasteiger partial charge >= 0.3 is 7.82 Å². The molecule has 0 aromatic heterocycles. The van der Waals surface area contributed by atoms with Crippen LogP contribution in [-0.4, -0.2) is 8.32 Å². The molecule has 0 radical (unpaired) electrons. The number of aryl methyl sites for hydroxylation is 2. The fraction of sp³-hybridized carbons (Fsp3) is 0.200. The number of hydrogen-bond acceptors (Lipinski definition) is 4. The Morgan fingerprint density at radius 1 is 0.742 bits per heavy atom. The lowest BCUT2D eigenvalue weighted by Gasteiger charge is -2.25. The molecular formula is C25H25O4PSi. The van der Waals surface area contributed by atoms with E-state index in [-0.39, 0.29) is 0 Å². The first-order valence-corrected chi connectivity index (χ1v) is 15.3. The molecule has 158 valence electrons. The minimum absolute atomic E-state index is 0.565. The molecule has 4 aromatic carbocycles. The first-order valence-electron chi connectivity index (χ1n) is 10.4. The second-order valence-corrected chi connectivity index (χ2v) is 15.3. The van der Waals surface area contributed by atoms with E-state index in [1.165, 1.54) is 0 Å². The Morgan fingerprint density at radius 2 is 1.16 bits per heavy atom. The van der Waals surface area contributed by atoms with Crippen molar-refractivity contribution in [2.75, 3.05) is 0 Å². The number of hydrogen-bond donors (Lipinski definition) is 0. The van der Waals surface area contributed by atoms with E-state index in [1.54, 1.807) is 0 Å². The molecule has 31 heavy (non-hydrogen) atoms. The highest BCUT2D eigenvalue weighted by Crippen LogP contribution is 2.61. The van der Waals surface area contributed by atoms with Gasteiger partial charge in [0.2, 0.25) is 8.32 Å². The Labute approximate surface area is 183 Å². The van der Waals surface area contributed by atoms with Crippen molar-refractivity contribution in [3.8, 4) is 22.6 Å². The summed E-state index contributed by atoms with van der Waals surface area (Å²) >= 11 is 0. The van der Waals surface area contributed by atoms with Crippen molar-refractivity contribution in [1.82, 2.24) is 0 Å². The molecule has 0 saturated heterocycles. The van der Waals surface area contributed by atoms with Gasteiger partial charge in [0.15, 0.2) is 0 Å². The number of phosphoric acid groups is 1. The smallest absolute Gasteiger partial charge is 0.395 e. The minimum atomic E-state index is -3.89. The largest absolute Gasteiger partial charge is 0.577 e. The summed E-state index contributed by atoms with van der Waals surface area (Å²) in [4.78, 5) is 0. The predicted octanol–water partition coefficient (Wildman–Crippen LogP) is 8.01. The van der Waals surface area contributed by atoms with Crippen molar-refractivity contribution >= 4 is 37.7 Å². The summed E-state index contributed by atoms with van der Waals surface area (Å²) in [6, 6.07) is 20.5. The van der Waals surface area contributed by atoms with E-state index in [2.05, 4.69) is 36.4 Å². The van der Waals surface area contributed by atoms with Crippen LogP contribution in [0.3, 0.4) is 0 Å². The molecule has 1 heterocycles. The average molecular weight is 449 g/mol. The quantitative estimate of drug-likeness (QED) is 0.230. The summed E-state index contributed by atoms with van der Waals surface area (Å²) in [6.07, 6.45) is 0. The third kappa shape index (κ3) is 3.47. The number of rotatable bonds is 2. The second-order valence-electron chi connectivity index (χ2n) is 9.07. The fourth-order valence-electron chi connectivity index (χ4n) is 4.28. The Hall–Kier alpha value is -2.59. The van der Waals surface area contributed by atoms with Gasteiger partial charge in [-0.1, -0.05) is 48.5 Å². The molecule has 0 unspecified atom stereocenters. The predicted molar refractivity (Wildman–Crippen MR) is 130 cm³/mol. The Balaban J connectivity index is 1.97. The van der Waals surface area contributed by atoms with Crippen molar-refractivity contribution in [2.24, 2.45) is 0 Å². The molecular weight excluding hydrogens is 423 g/mol. The first-order chi connectivity index (χ1) is 14.7. The second kappa shape index (κ2) is 6.96. The maximum Gasteiger partial charge on any atom is 0.577 e. The van der Waals surface area contributed by atoms with Gasteiger partial charge in [-0.15, -0.1) is 0 Å². The minimum Gasteiger partial charge on any atom is -0.395 e. The maximum absolute atomic E-state index is 13.9. The molecule has 4 aromatic rings. The van der Waals surface area contributed by atoms with Crippen LogP contribution in [0.4, 0.5) is 0 Å². The van der Waals surface area contributed by atoms with Gasteiger partial charge in [0.1, 0.15) is 11.5 Å². The first kappa shape index (κ1) is 20.3. The lowest BCUT2D eigenvalue weighted by atomic mass is 9.89. The van der Waals surface area contributed by atoms with Crippen LogP contribution in [-0.2, 0) is 8.78 Å². The van der Waals surface area contributed by atoms with Crippen molar-refractivity contribution in [3.63, 3.8) is 0 Å². The van der Waals surface area contributed by atoms with Crippen LogP contribution in [0, 0.1) is 13.8 Å². The van der Waals surface area contributed by atoms with Crippen molar-refractivity contribution in [3.05, 3.63) is 71.8 Å². The molecule has 0 bridgehead atoms. The highest BCUT2D eigenvalue weighted by molar-refractivity contribution is 7.51. The van der Waals surface area contributed by atoms with Gasteiger partial charge in [-0.25, -0.2) is 4.57 Å². The lowest BCUT2D eigenvalue weighted by molar-refractivity contribution is 0.299. The summed E-state index contributed by atoms with van der Waals surface area (Å²) in [5.41, 5.74) is 3.61. The van der Waals surface area contributed by atoms with E-state index >= 15 is 0 Å². The van der Waals surface area contributed by atoms with Gasteiger partial charge in [-0.05, 0) is 78.3 Å². The molecule has 0 atom stereocenters. The maximum atomic E-state index is 13.9. The van der Waals surface area contributed by atoms with Gasteiger partial charge in [-0.2, -0.15) is 0 Å². The van der Waals surface area contributed by atoms with Crippen LogP contribution in [0.2, 0.25) is 19.6 Å². The lowest BCUT2D eigenvalue weighted by Crippen LogP contribution is -2.26. The zero-order valence-corrected chi connectivity index (χ0v) is 20.2. The number of benzene rings is 4. The van der Waals surface area contributed by atoms with Crippen molar-refractivity contribution in [2.45, 2.75) is 33.5 Å². The molecule has 0 N–H and O–H groups in total. The van der Waals surface area contributed by atoms with Crippen LogP contribution < -0.4 is 9.05 Å². The molecule has 0 spiro atoms. The molecule has 1 aliphatic heterocycles. The van der Waals surface area contributed by atoms with E-state index in [9.17, 15) is 4.57 Å². The van der Waals surface area contributed by atoms with Gasteiger partial charge < -0.3 is 13.3 Å².